The van der Waals surface area contributed by atoms with Crippen LogP contribution in [0.15, 0.2) is 42.5 Å². The van der Waals surface area contributed by atoms with E-state index in [0.29, 0.717) is 10.8 Å². The van der Waals surface area contributed by atoms with Crippen LogP contribution >= 0.6 is 34.2 Å². The fourth-order valence-corrected chi connectivity index (χ4v) is 2.26. The molecule has 0 aliphatic carbocycles. The molecule has 1 N–H and O–H groups in total. The van der Waals surface area contributed by atoms with Gasteiger partial charge in [0.2, 0.25) is 0 Å². The number of hydrogen-bond donors (Lipinski definition) is 1. The fraction of sp³-hybridized carbons (Fsp3) is 0.143. The Labute approximate surface area is 125 Å². The van der Waals surface area contributed by atoms with Crippen molar-refractivity contribution in [1.29, 1.82) is 0 Å². The third kappa shape index (κ3) is 3.37. The Morgan fingerprint density at radius 1 is 1.22 bits per heavy atom. The molecule has 0 aromatic heterocycles. The van der Waals surface area contributed by atoms with E-state index in [0.717, 1.165) is 14.9 Å². The lowest BCUT2D eigenvalue weighted by Gasteiger charge is -2.10. The van der Waals surface area contributed by atoms with Crippen molar-refractivity contribution in [2.75, 3.05) is 0 Å². The summed E-state index contributed by atoms with van der Waals surface area (Å²) in [7, 11) is 0. The number of ether oxygens (including phenoxy) is 1. The normalized spacial score (nSPS) is 12.2. The maximum atomic E-state index is 9.46. The van der Waals surface area contributed by atoms with Crippen LogP contribution in [-0.2, 0) is 0 Å². The van der Waals surface area contributed by atoms with Gasteiger partial charge >= 0.3 is 0 Å². The molecular weight excluding hydrogens is 363 g/mol. The molecule has 0 unspecified atom stereocenters. The smallest absolute Gasteiger partial charge is 0.146 e. The molecule has 0 radical (unpaired) electrons. The predicted molar refractivity (Wildman–Crippen MR) is 81.3 cm³/mol. The summed E-state index contributed by atoms with van der Waals surface area (Å²) in [6.07, 6.45) is -0.533. The molecule has 1 atom stereocenters. The molecule has 2 rings (SSSR count). The van der Waals surface area contributed by atoms with Gasteiger partial charge in [0, 0.05) is 3.57 Å². The van der Waals surface area contributed by atoms with Gasteiger partial charge in [-0.3, -0.25) is 0 Å². The van der Waals surface area contributed by atoms with E-state index >= 15 is 0 Å². The highest BCUT2D eigenvalue weighted by Gasteiger charge is 2.07. The zero-order chi connectivity index (χ0) is 13.1. The molecular formula is C14H12ClIO2. The van der Waals surface area contributed by atoms with Gasteiger partial charge in [-0.1, -0.05) is 23.7 Å². The van der Waals surface area contributed by atoms with Gasteiger partial charge in [0.15, 0.2) is 0 Å². The Morgan fingerprint density at radius 3 is 2.61 bits per heavy atom. The maximum absolute atomic E-state index is 9.46. The number of benzene rings is 2. The van der Waals surface area contributed by atoms with Crippen molar-refractivity contribution in [3.05, 3.63) is 56.6 Å². The average molecular weight is 375 g/mol. The molecule has 0 saturated heterocycles. The number of halogens is 2. The van der Waals surface area contributed by atoms with E-state index in [4.69, 9.17) is 16.3 Å². The summed E-state index contributed by atoms with van der Waals surface area (Å²) in [5, 5.41) is 9.96. The lowest BCUT2D eigenvalue weighted by atomic mass is 10.1. The number of aliphatic hydroxyl groups excluding tert-OH is 1. The summed E-state index contributed by atoms with van der Waals surface area (Å²) >= 11 is 8.35. The third-order valence-electron chi connectivity index (χ3n) is 2.46. The van der Waals surface area contributed by atoms with Crippen LogP contribution in [0.2, 0.25) is 5.02 Å². The Kier molecular flexibility index (Phi) is 4.48. The van der Waals surface area contributed by atoms with E-state index in [9.17, 15) is 5.11 Å². The van der Waals surface area contributed by atoms with Gasteiger partial charge in [-0.2, -0.15) is 0 Å². The number of hydrogen-bond acceptors (Lipinski definition) is 2. The molecule has 94 valence electrons. The highest BCUT2D eigenvalue weighted by atomic mass is 127. The average Bonchev–Trinajstić information content (AvgIpc) is 2.31. The summed E-state index contributed by atoms with van der Waals surface area (Å²) in [4.78, 5) is 0. The van der Waals surface area contributed by atoms with Gasteiger partial charge in [0.05, 0.1) is 11.1 Å². The zero-order valence-electron chi connectivity index (χ0n) is 9.73. The summed E-state index contributed by atoms with van der Waals surface area (Å²) in [6.45, 7) is 1.70. The van der Waals surface area contributed by atoms with Crippen LogP contribution in [0, 0.1) is 3.57 Å². The minimum atomic E-state index is -0.533. The van der Waals surface area contributed by atoms with E-state index < -0.39 is 6.10 Å². The van der Waals surface area contributed by atoms with Crippen molar-refractivity contribution in [3.63, 3.8) is 0 Å². The van der Waals surface area contributed by atoms with Crippen molar-refractivity contribution in [1.82, 2.24) is 0 Å². The Morgan fingerprint density at radius 2 is 2.00 bits per heavy atom. The molecule has 0 aliphatic rings. The molecule has 0 spiro atoms. The van der Waals surface area contributed by atoms with Gasteiger partial charge in [-0.15, -0.1) is 0 Å². The Hall–Kier alpha value is -0.780. The van der Waals surface area contributed by atoms with E-state index in [1.165, 1.54) is 0 Å². The second-order valence-corrected chi connectivity index (χ2v) is 5.58. The fourth-order valence-electron chi connectivity index (χ4n) is 1.52. The molecule has 0 aliphatic heterocycles. The maximum Gasteiger partial charge on any atom is 0.146 e. The quantitative estimate of drug-likeness (QED) is 0.783. The van der Waals surface area contributed by atoms with Crippen molar-refractivity contribution in [2.24, 2.45) is 0 Å². The van der Waals surface area contributed by atoms with E-state index in [-0.39, 0.29) is 0 Å². The van der Waals surface area contributed by atoms with Crippen molar-refractivity contribution < 1.29 is 9.84 Å². The second kappa shape index (κ2) is 5.91. The van der Waals surface area contributed by atoms with Crippen molar-refractivity contribution in [2.45, 2.75) is 13.0 Å². The molecule has 2 nitrogen and oxygen atoms in total. The van der Waals surface area contributed by atoms with Crippen LogP contribution in [0.1, 0.15) is 18.6 Å². The minimum Gasteiger partial charge on any atom is -0.456 e. The molecule has 18 heavy (non-hydrogen) atoms. The first-order valence-corrected chi connectivity index (χ1v) is 6.93. The first-order valence-electron chi connectivity index (χ1n) is 5.47. The van der Waals surface area contributed by atoms with Gasteiger partial charge in [-0.05, 0) is 65.4 Å². The number of aliphatic hydroxyl groups is 1. The first-order chi connectivity index (χ1) is 8.56. The molecule has 0 fully saturated rings. The highest BCUT2D eigenvalue weighted by Crippen LogP contribution is 2.32. The van der Waals surface area contributed by atoms with Crippen LogP contribution in [0.4, 0.5) is 0 Å². The topological polar surface area (TPSA) is 29.5 Å². The predicted octanol–water partition coefficient (Wildman–Crippen LogP) is 4.79. The second-order valence-electron chi connectivity index (χ2n) is 3.93. The van der Waals surface area contributed by atoms with Crippen molar-refractivity contribution >= 4 is 34.2 Å². The molecule has 0 bridgehead atoms. The summed E-state index contributed by atoms with van der Waals surface area (Å²) in [5.74, 6) is 1.33. The van der Waals surface area contributed by atoms with E-state index in [2.05, 4.69) is 22.6 Å². The number of rotatable bonds is 3. The SMILES string of the molecule is C[C@H](O)c1ccc(Oc2cccc(I)c2)c(Cl)c1. The minimum absolute atomic E-state index is 0.493. The van der Waals surface area contributed by atoms with Crippen LogP contribution in [0.3, 0.4) is 0 Å². The van der Waals surface area contributed by atoms with Crippen LogP contribution in [0.25, 0.3) is 0 Å². The van der Waals surface area contributed by atoms with Crippen LogP contribution in [0.5, 0.6) is 11.5 Å². The Balaban J connectivity index is 2.24. The standard InChI is InChI=1S/C14H12ClIO2/c1-9(17)10-5-6-14(13(15)7-10)18-12-4-2-3-11(16)8-12/h2-9,17H,1H3/t9-/m0/s1. The highest BCUT2D eigenvalue weighted by molar-refractivity contribution is 14.1. The summed E-state index contributed by atoms with van der Waals surface area (Å²) in [6, 6.07) is 13.0. The van der Waals surface area contributed by atoms with E-state index in [1.807, 2.05) is 24.3 Å². The van der Waals surface area contributed by atoms with Crippen LogP contribution < -0.4 is 4.74 Å². The molecule has 2 aromatic carbocycles. The van der Waals surface area contributed by atoms with Crippen molar-refractivity contribution in [3.8, 4) is 11.5 Å². The Bertz CT molecular complexity index is 555. The van der Waals surface area contributed by atoms with Gasteiger partial charge in [0.25, 0.3) is 0 Å². The van der Waals surface area contributed by atoms with Crippen LogP contribution in [-0.4, -0.2) is 5.11 Å². The lowest BCUT2D eigenvalue weighted by molar-refractivity contribution is 0.199. The third-order valence-corrected chi connectivity index (χ3v) is 3.43. The lowest BCUT2D eigenvalue weighted by Crippen LogP contribution is -1.92. The largest absolute Gasteiger partial charge is 0.456 e. The first kappa shape index (κ1) is 13.6. The molecule has 0 heterocycles. The molecule has 4 heteroatoms. The monoisotopic (exact) mass is 374 g/mol. The van der Waals surface area contributed by atoms with E-state index in [1.54, 1.807) is 25.1 Å². The van der Waals surface area contributed by atoms with Gasteiger partial charge in [-0.25, -0.2) is 0 Å². The van der Waals surface area contributed by atoms with Gasteiger partial charge in [0.1, 0.15) is 11.5 Å². The summed E-state index contributed by atoms with van der Waals surface area (Å²) in [5.41, 5.74) is 0.773. The molecule has 0 saturated carbocycles. The zero-order valence-corrected chi connectivity index (χ0v) is 12.6. The molecule has 0 amide bonds. The summed E-state index contributed by atoms with van der Waals surface area (Å²) < 4.78 is 6.81. The van der Waals surface area contributed by atoms with Gasteiger partial charge < -0.3 is 9.84 Å². The molecule has 2 aromatic rings.